The van der Waals surface area contributed by atoms with E-state index in [0.717, 1.165) is 12.2 Å². The van der Waals surface area contributed by atoms with Crippen molar-refractivity contribution in [3.05, 3.63) is 17.8 Å². The van der Waals surface area contributed by atoms with Crippen molar-refractivity contribution >= 4 is 5.82 Å². The Labute approximate surface area is 67.1 Å². The summed E-state index contributed by atoms with van der Waals surface area (Å²) in [6, 6.07) is 2.08. The predicted octanol–water partition coefficient (Wildman–Crippen LogP) is 0.510. The van der Waals surface area contributed by atoms with E-state index in [1.807, 2.05) is 20.3 Å². The Hall–Kier alpha value is -1.12. The van der Waals surface area contributed by atoms with Gasteiger partial charge < -0.3 is 5.32 Å². The van der Waals surface area contributed by atoms with E-state index in [1.165, 1.54) is 5.56 Å². The Kier molecular flexibility index (Phi) is 2.41. The minimum Gasteiger partial charge on any atom is -0.368 e. The molecule has 0 aliphatic carbocycles. The molecule has 60 valence electrons. The summed E-state index contributed by atoms with van der Waals surface area (Å²) in [5, 5.41) is 7.32. The molecular weight excluding hydrogens is 138 g/mol. The highest BCUT2D eigenvalue weighted by Gasteiger charge is 2.03. The first-order valence-electron chi connectivity index (χ1n) is 3.81. The molecule has 1 rings (SSSR count). The quantitative estimate of drug-likeness (QED) is 0.625. The molecule has 3 nitrogen and oxygen atoms in total. The number of anilines is 1. The second-order valence-electron chi connectivity index (χ2n) is 2.47. The van der Waals surface area contributed by atoms with E-state index in [4.69, 9.17) is 0 Å². The second-order valence-corrected chi connectivity index (χ2v) is 2.47. The molecule has 1 N–H and O–H groups in total. The maximum absolute atomic E-state index is 4.27. The van der Waals surface area contributed by atoms with Crippen LogP contribution in [0.25, 0.3) is 0 Å². The van der Waals surface area contributed by atoms with Gasteiger partial charge in [0.25, 0.3) is 0 Å². The Morgan fingerprint density at radius 1 is 1.64 bits per heavy atom. The molecule has 0 aliphatic rings. The zero-order valence-electron chi connectivity index (χ0n) is 7.26. The molecule has 1 heterocycles. The molecular formula is C8H14N3+. The molecule has 0 radical (unpaired) electrons. The summed E-state index contributed by atoms with van der Waals surface area (Å²) in [7, 11) is 3.81. The summed E-state index contributed by atoms with van der Waals surface area (Å²) in [5.74, 6) is 0.970. The van der Waals surface area contributed by atoms with Gasteiger partial charge in [-0.05, 0) is 6.42 Å². The lowest BCUT2D eigenvalue weighted by molar-refractivity contribution is -0.729. The van der Waals surface area contributed by atoms with Crippen LogP contribution in [0.2, 0.25) is 0 Å². The standard InChI is InChI=1S/C8H14N3/c1-4-7-5-6-11(3)10-8(7)9-2/h5-6H,4H2,1-3H3,(H,9,10)/q+1. The molecule has 0 saturated heterocycles. The normalized spacial score (nSPS) is 9.73. The van der Waals surface area contributed by atoms with Crippen LogP contribution in [0.4, 0.5) is 5.82 Å². The summed E-state index contributed by atoms with van der Waals surface area (Å²) < 4.78 is 1.80. The monoisotopic (exact) mass is 152 g/mol. The van der Waals surface area contributed by atoms with E-state index in [2.05, 4.69) is 23.4 Å². The van der Waals surface area contributed by atoms with E-state index in [9.17, 15) is 0 Å². The van der Waals surface area contributed by atoms with Crippen LogP contribution in [0.15, 0.2) is 12.3 Å². The zero-order valence-corrected chi connectivity index (χ0v) is 7.26. The third kappa shape index (κ3) is 1.67. The van der Waals surface area contributed by atoms with Gasteiger partial charge in [-0.25, -0.2) is 0 Å². The van der Waals surface area contributed by atoms with Gasteiger partial charge in [-0.3, -0.25) is 0 Å². The summed E-state index contributed by atoms with van der Waals surface area (Å²) in [6.07, 6.45) is 2.98. The smallest absolute Gasteiger partial charge is 0.196 e. The molecule has 0 spiro atoms. The molecule has 1 aromatic rings. The predicted molar refractivity (Wildman–Crippen MR) is 44.3 cm³/mol. The molecule has 0 atom stereocenters. The molecule has 0 aliphatic heterocycles. The first-order chi connectivity index (χ1) is 5.27. The Bertz CT molecular complexity index is 245. The van der Waals surface area contributed by atoms with Crippen LogP contribution in [-0.2, 0) is 13.5 Å². The molecule has 0 amide bonds. The molecule has 0 aromatic carbocycles. The molecule has 0 bridgehead atoms. The van der Waals surface area contributed by atoms with Gasteiger partial charge in [0.15, 0.2) is 19.1 Å². The van der Waals surface area contributed by atoms with Gasteiger partial charge in [0.1, 0.15) is 0 Å². The van der Waals surface area contributed by atoms with Crippen molar-refractivity contribution in [2.75, 3.05) is 12.4 Å². The van der Waals surface area contributed by atoms with E-state index >= 15 is 0 Å². The van der Waals surface area contributed by atoms with Crippen LogP contribution in [-0.4, -0.2) is 12.1 Å². The molecule has 0 unspecified atom stereocenters. The second kappa shape index (κ2) is 3.32. The summed E-state index contributed by atoms with van der Waals surface area (Å²) >= 11 is 0. The van der Waals surface area contributed by atoms with Crippen molar-refractivity contribution in [3.63, 3.8) is 0 Å². The average molecular weight is 152 g/mol. The third-order valence-corrected chi connectivity index (χ3v) is 1.67. The van der Waals surface area contributed by atoms with Crippen molar-refractivity contribution in [1.82, 2.24) is 5.10 Å². The highest BCUT2D eigenvalue weighted by Crippen LogP contribution is 2.07. The van der Waals surface area contributed by atoms with Crippen molar-refractivity contribution in [2.24, 2.45) is 7.05 Å². The van der Waals surface area contributed by atoms with Gasteiger partial charge in [0, 0.05) is 23.8 Å². The first kappa shape index (κ1) is 7.98. The molecule has 0 saturated carbocycles. The topological polar surface area (TPSA) is 28.8 Å². The number of nitrogens with one attached hydrogen (secondary N) is 1. The summed E-state index contributed by atoms with van der Waals surface area (Å²) in [4.78, 5) is 0. The van der Waals surface area contributed by atoms with Crippen molar-refractivity contribution < 1.29 is 4.68 Å². The maximum Gasteiger partial charge on any atom is 0.196 e. The third-order valence-electron chi connectivity index (χ3n) is 1.67. The number of hydrogen-bond acceptors (Lipinski definition) is 2. The van der Waals surface area contributed by atoms with Crippen LogP contribution in [0.5, 0.6) is 0 Å². The van der Waals surface area contributed by atoms with Gasteiger partial charge in [-0.2, -0.15) is 0 Å². The maximum atomic E-state index is 4.27. The summed E-state index contributed by atoms with van der Waals surface area (Å²) in [5.41, 5.74) is 1.26. The largest absolute Gasteiger partial charge is 0.368 e. The molecule has 11 heavy (non-hydrogen) atoms. The number of aromatic nitrogens is 2. The Morgan fingerprint density at radius 3 is 2.91 bits per heavy atom. The highest BCUT2D eigenvalue weighted by molar-refractivity contribution is 5.40. The molecule has 3 heteroatoms. The van der Waals surface area contributed by atoms with Gasteiger partial charge >= 0.3 is 0 Å². The van der Waals surface area contributed by atoms with Crippen molar-refractivity contribution in [1.29, 1.82) is 0 Å². The number of hydrogen-bond donors (Lipinski definition) is 1. The Morgan fingerprint density at radius 2 is 2.36 bits per heavy atom. The average Bonchev–Trinajstić information content (AvgIpc) is 2.04. The van der Waals surface area contributed by atoms with Crippen LogP contribution in [0, 0.1) is 0 Å². The fraction of sp³-hybridized carbons (Fsp3) is 0.500. The van der Waals surface area contributed by atoms with E-state index in [-0.39, 0.29) is 0 Å². The minimum absolute atomic E-state index is 0.970. The molecule has 1 aromatic heterocycles. The van der Waals surface area contributed by atoms with Crippen molar-refractivity contribution in [2.45, 2.75) is 13.3 Å². The first-order valence-corrected chi connectivity index (χ1v) is 3.81. The zero-order chi connectivity index (χ0) is 8.27. The minimum atomic E-state index is 0.970. The number of rotatable bonds is 2. The number of aryl methyl sites for hydroxylation is 2. The summed E-state index contributed by atoms with van der Waals surface area (Å²) in [6.45, 7) is 2.12. The lowest BCUT2D eigenvalue weighted by Crippen LogP contribution is -2.33. The van der Waals surface area contributed by atoms with Gasteiger partial charge in [-0.15, -0.1) is 0 Å². The van der Waals surface area contributed by atoms with Gasteiger partial charge in [0.05, 0.1) is 0 Å². The van der Waals surface area contributed by atoms with Crippen molar-refractivity contribution in [3.8, 4) is 0 Å². The van der Waals surface area contributed by atoms with Crippen LogP contribution in [0.1, 0.15) is 12.5 Å². The number of nitrogens with zero attached hydrogens (tertiary/aromatic N) is 2. The van der Waals surface area contributed by atoms with Gasteiger partial charge in [-0.1, -0.05) is 11.6 Å². The SMILES string of the molecule is CCc1cc[n+](C)nc1NC. The highest BCUT2D eigenvalue weighted by atomic mass is 15.3. The van der Waals surface area contributed by atoms with Crippen LogP contribution < -0.4 is 10.00 Å². The van der Waals surface area contributed by atoms with Gasteiger partial charge in [0.2, 0.25) is 0 Å². The van der Waals surface area contributed by atoms with Crippen LogP contribution >= 0.6 is 0 Å². The lowest BCUT2D eigenvalue weighted by Gasteiger charge is -2.00. The van der Waals surface area contributed by atoms with E-state index in [1.54, 1.807) is 4.68 Å². The fourth-order valence-corrected chi connectivity index (χ4v) is 1.03. The Balaban J connectivity index is 3.06. The molecule has 0 fully saturated rings. The van der Waals surface area contributed by atoms with E-state index < -0.39 is 0 Å². The van der Waals surface area contributed by atoms with Crippen LogP contribution in [0.3, 0.4) is 0 Å². The lowest BCUT2D eigenvalue weighted by atomic mass is 10.2. The van der Waals surface area contributed by atoms with E-state index in [0.29, 0.717) is 0 Å². The fourth-order valence-electron chi connectivity index (χ4n) is 1.03.